The summed E-state index contributed by atoms with van der Waals surface area (Å²) < 4.78 is 31.6. The summed E-state index contributed by atoms with van der Waals surface area (Å²) in [6.45, 7) is 2.03. The van der Waals surface area contributed by atoms with E-state index in [1.165, 1.54) is 0 Å². The number of rotatable bonds is 3. The molecule has 1 saturated heterocycles. The molecule has 0 aromatic heterocycles. The molecule has 1 aromatic carbocycles. The molecule has 2 atom stereocenters. The Morgan fingerprint density at radius 3 is 2.44 bits per heavy atom. The second kappa shape index (κ2) is 4.64. The minimum absolute atomic E-state index is 0.180. The number of ether oxygens (including phenoxy) is 1. The molecule has 2 fully saturated rings. The normalized spacial score (nSPS) is 29.1. The maximum atomic E-state index is 12.4. The molecular weight excluding hydrogens is 250 g/mol. The van der Waals surface area contributed by atoms with Gasteiger partial charge in [0.25, 0.3) is 0 Å². The van der Waals surface area contributed by atoms with Crippen LogP contribution in [0, 0.1) is 0 Å². The Hall–Kier alpha value is -0.910. The molecule has 1 saturated carbocycles. The second-order valence-corrected chi connectivity index (χ2v) is 7.00. The predicted octanol–water partition coefficient (Wildman–Crippen LogP) is 1.20. The first-order valence-corrected chi connectivity index (χ1v) is 7.81. The maximum Gasteiger partial charge on any atom is 0.217 e. The average Bonchev–Trinajstić information content (AvgIpc) is 3.22. The van der Waals surface area contributed by atoms with Crippen molar-refractivity contribution in [2.45, 2.75) is 17.6 Å². The third-order valence-electron chi connectivity index (χ3n) is 3.67. The molecule has 0 bridgehead atoms. The van der Waals surface area contributed by atoms with Crippen LogP contribution in [0.3, 0.4) is 0 Å². The van der Waals surface area contributed by atoms with Gasteiger partial charge < -0.3 is 4.74 Å². The fraction of sp³-hybridized carbons (Fsp3) is 0.538. The van der Waals surface area contributed by atoms with Gasteiger partial charge in [-0.3, -0.25) is 0 Å². The van der Waals surface area contributed by atoms with E-state index in [2.05, 4.69) is 0 Å². The summed E-state index contributed by atoms with van der Waals surface area (Å²) in [4.78, 5) is 0. The Kier molecular flexibility index (Phi) is 3.13. The van der Waals surface area contributed by atoms with E-state index in [-0.39, 0.29) is 11.2 Å². The van der Waals surface area contributed by atoms with Crippen LogP contribution in [0.15, 0.2) is 30.3 Å². The number of hydrogen-bond donors (Lipinski definition) is 0. The summed E-state index contributed by atoms with van der Waals surface area (Å²) in [5.41, 5.74) is 1.14. The molecule has 98 valence electrons. The van der Waals surface area contributed by atoms with E-state index in [9.17, 15) is 8.42 Å². The lowest BCUT2D eigenvalue weighted by Gasteiger charge is -2.26. The van der Waals surface area contributed by atoms with Crippen molar-refractivity contribution >= 4 is 10.0 Å². The molecule has 2 aliphatic rings. The van der Waals surface area contributed by atoms with Crippen molar-refractivity contribution in [1.29, 1.82) is 0 Å². The standard InChI is InChI=1S/C13H17NO3S/c15-18(16,14-6-8-17-9-7-14)13-10-12(13)11-4-2-1-3-5-11/h1-5,12-13H,6-10H2/t12-,13+/m0/s1. The Labute approximate surface area is 108 Å². The van der Waals surface area contributed by atoms with Gasteiger partial charge in [0.15, 0.2) is 0 Å². The molecule has 1 aromatic rings. The van der Waals surface area contributed by atoms with Gasteiger partial charge in [0.1, 0.15) is 0 Å². The van der Waals surface area contributed by atoms with Crippen LogP contribution in [0.25, 0.3) is 0 Å². The van der Waals surface area contributed by atoms with Gasteiger partial charge in [0, 0.05) is 19.0 Å². The van der Waals surface area contributed by atoms with E-state index in [0.29, 0.717) is 26.3 Å². The summed E-state index contributed by atoms with van der Waals surface area (Å²) in [6.07, 6.45) is 0.754. The van der Waals surface area contributed by atoms with Gasteiger partial charge in [0.05, 0.1) is 18.5 Å². The van der Waals surface area contributed by atoms with E-state index < -0.39 is 10.0 Å². The predicted molar refractivity (Wildman–Crippen MR) is 68.9 cm³/mol. The SMILES string of the molecule is O=S(=O)([C@@H]1C[C@H]1c1ccccc1)N1CCOCC1. The van der Waals surface area contributed by atoms with E-state index in [0.717, 1.165) is 12.0 Å². The summed E-state index contributed by atoms with van der Waals surface area (Å²) in [7, 11) is -3.13. The highest BCUT2D eigenvalue weighted by Gasteiger charge is 2.50. The number of hydrogen-bond acceptors (Lipinski definition) is 3. The highest BCUT2D eigenvalue weighted by Crippen LogP contribution is 2.46. The molecule has 0 unspecified atom stereocenters. The van der Waals surface area contributed by atoms with Gasteiger partial charge in [-0.25, -0.2) is 8.42 Å². The van der Waals surface area contributed by atoms with Crippen LogP contribution in [-0.4, -0.2) is 44.3 Å². The van der Waals surface area contributed by atoms with Gasteiger partial charge in [0.2, 0.25) is 10.0 Å². The van der Waals surface area contributed by atoms with E-state index in [1.54, 1.807) is 4.31 Å². The lowest BCUT2D eigenvalue weighted by Crippen LogP contribution is -2.42. The zero-order valence-corrected chi connectivity index (χ0v) is 11.0. The smallest absolute Gasteiger partial charge is 0.217 e. The molecule has 1 heterocycles. The van der Waals surface area contributed by atoms with Crippen molar-refractivity contribution in [3.63, 3.8) is 0 Å². The van der Waals surface area contributed by atoms with Crippen LogP contribution in [0.5, 0.6) is 0 Å². The fourth-order valence-electron chi connectivity index (χ4n) is 2.54. The zero-order valence-electron chi connectivity index (χ0n) is 10.2. The van der Waals surface area contributed by atoms with Crippen molar-refractivity contribution in [2.24, 2.45) is 0 Å². The summed E-state index contributed by atoms with van der Waals surface area (Å²) in [5, 5.41) is -0.224. The summed E-state index contributed by atoms with van der Waals surface area (Å²) in [5.74, 6) is 0.180. The van der Waals surface area contributed by atoms with E-state index in [1.807, 2.05) is 30.3 Å². The molecule has 0 radical (unpaired) electrons. The maximum absolute atomic E-state index is 12.4. The molecule has 18 heavy (non-hydrogen) atoms. The van der Waals surface area contributed by atoms with Crippen LogP contribution < -0.4 is 0 Å². The molecule has 5 heteroatoms. The number of morpholine rings is 1. The summed E-state index contributed by atoms with van der Waals surface area (Å²) in [6, 6.07) is 9.91. The average molecular weight is 267 g/mol. The van der Waals surface area contributed by atoms with Crippen LogP contribution in [0.2, 0.25) is 0 Å². The van der Waals surface area contributed by atoms with Gasteiger partial charge in [-0.1, -0.05) is 30.3 Å². The molecule has 1 aliphatic heterocycles. The van der Waals surface area contributed by atoms with Crippen LogP contribution in [-0.2, 0) is 14.8 Å². The first-order valence-electron chi connectivity index (χ1n) is 6.31. The van der Waals surface area contributed by atoms with Crippen molar-refractivity contribution in [1.82, 2.24) is 4.31 Å². The second-order valence-electron chi connectivity index (χ2n) is 4.85. The molecule has 3 rings (SSSR count). The highest BCUT2D eigenvalue weighted by molar-refractivity contribution is 7.90. The van der Waals surface area contributed by atoms with Gasteiger partial charge in [-0.15, -0.1) is 0 Å². The third kappa shape index (κ3) is 2.18. The Bertz CT molecular complexity index is 508. The zero-order chi connectivity index (χ0) is 12.6. The first kappa shape index (κ1) is 12.1. The quantitative estimate of drug-likeness (QED) is 0.827. The largest absolute Gasteiger partial charge is 0.379 e. The van der Waals surface area contributed by atoms with E-state index >= 15 is 0 Å². The number of benzene rings is 1. The van der Waals surface area contributed by atoms with Gasteiger partial charge in [-0.05, 0) is 12.0 Å². The number of sulfonamides is 1. The monoisotopic (exact) mass is 267 g/mol. The first-order chi connectivity index (χ1) is 8.69. The van der Waals surface area contributed by atoms with Crippen LogP contribution in [0.4, 0.5) is 0 Å². The molecule has 1 aliphatic carbocycles. The fourth-order valence-corrected chi connectivity index (χ4v) is 4.61. The van der Waals surface area contributed by atoms with Crippen molar-refractivity contribution in [2.75, 3.05) is 26.3 Å². The molecule has 4 nitrogen and oxygen atoms in total. The summed E-state index contributed by atoms with van der Waals surface area (Å²) >= 11 is 0. The van der Waals surface area contributed by atoms with Gasteiger partial charge in [-0.2, -0.15) is 4.31 Å². The topological polar surface area (TPSA) is 46.6 Å². The molecular formula is C13H17NO3S. The third-order valence-corrected chi connectivity index (χ3v) is 6.04. The highest BCUT2D eigenvalue weighted by atomic mass is 32.2. The van der Waals surface area contributed by atoms with Crippen molar-refractivity contribution in [3.05, 3.63) is 35.9 Å². The van der Waals surface area contributed by atoms with Crippen molar-refractivity contribution < 1.29 is 13.2 Å². The molecule has 0 amide bonds. The Morgan fingerprint density at radius 2 is 1.78 bits per heavy atom. The lowest BCUT2D eigenvalue weighted by atomic mass is 10.1. The van der Waals surface area contributed by atoms with E-state index in [4.69, 9.17) is 4.74 Å². The van der Waals surface area contributed by atoms with Crippen molar-refractivity contribution in [3.8, 4) is 0 Å². The molecule has 0 N–H and O–H groups in total. The minimum Gasteiger partial charge on any atom is -0.379 e. The molecule has 0 spiro atoms. The van der Waals surface area contributed by atoms with Crippen LogP contribution in [0.1, 0.15) is 17.9 Å². The Morgan fingerprint density at radius 1 is 1.11 bits per heavy atom. The lowest BCUT2D eigenvalue weighted by molar-refractivity contribution is 0.0729. The van der Waals surface area contributed by atoms with Crippen LogP contribution >= 0.6 is 0 Å². The number of nitrogens with zero attached hydrogens (tertiary/aromatic N) is 1. The van der Waals surface area contributed by atoms with Gasteiger partial charge >= 0.3 is 0 Å². The Balaban J connectivity index is 1.73. The minimum atomic E-state index is -3.13.